The Morgan fingerprint density at radius 3 is 1.54 bits per heavy atom. The predicted molar refractivity (Wildman–Crippen MR) is 268 cm³/mol. The van der Waals surface area contributed by atoms with Crippen molar-refractivity contribution in [3.63, 3.8) is 0 Å². The Morgan fingerprint density at radius 1 is 0.577 bits per heavy atom. The van der Waals surface area contributed by atoms with E-state index in [1.807, 2.05) is 0 Å². The summed E-state index contributed by atoms with van der Waals surface area (Å²) in [6.45, 7) is 13.9. The van der Waals surface area contributed by atoms with Crippen LogP contribution < -0.4 is 0 Å². The minimum absolute atomic E-state index is 0.0242. The standard InChI is InChI=1S/C54H92O24/c1-22(9-13-33(51(4,5)70)78-49-45(69)41(65)37(61)29(76-49)21-72-47-43(67)39(63)35(59)27(19-56)74-47)23-15-16-52(6)30-12-10-24-25(54(30,8)31(57)17-53(23,52)7)11-14-32(50(24,2)3)77-48-44(68)40(64)36(60)28(75-48)20-71-46-42(66)38(62)34(58)26(18-55)73-46/h10,22-23,25-49,55-70H,9,11-21H2,1-8H3/t22-,23-,25-,26-,27-,28-,29-,30+,31-,32+,33-,34-,35-,36-,37-,38+,39+,40+,41+,42-,43-,44-,45-,46?,47-,48+,49+,52+,53-,54+/m1/s1. The number of aliphatic hydroxyl groups is 16. The molecule has 1 unspecified atom stereocenters. The molecule has 452 valence electrons. The zero-order chi connectivity index (χ0) is 57.5. The maximum Gasteiger partial charge on any atom is 0.187 e. The molecule has 4 saturated heterocycles. The Morgan fingerprint density at radius 2 is 1.04 bits per heavy atom. The topological polar surface area (TPSA) is 398 Å². The van der Waals surface area contributed by atoms with Crippen LogP contribution >= 0.6 is 0 Å². The Kier molecular flexibility index (Phi) is 19.1. The molecule has 8 rings (SSSR count). The Bertz CT molecular complexity index is 2030. The van der Waals surface area contributed by atoms with Crippen LogP contribution in [0, 0.1) is 45.3 Å². The fourth-order valence-corrected chi connectivity index (χ4v) is 15.5. The molecular weight excluding hydrogens is 1030 g/mol. The first-order valence-electron chi connectivity index (χ1n) is 28.0. The van der Waals surface area contributed by atoms with Gasteiger partial charge in [0.2, 0.25) is 0 Å². The van der Waals surface area contributed by atoms with Crippen molar-refractivity contribution in [3.8, 4) is 0 Å². The molecule has 30 atom stereocenters. The van der Waals surface area contributed by atoms with Crippen molar-refractivity contribution >= 4 is 0 Å². The molecule has 0 aromatic rings. The average Bonchev–Trinajstić information content (AvgIpc) is 2.95. The van der Waals surface area contributed by atoms with Crippen molar-refractivity contribution in [1.82, 2.24) is 0 Å². The fourth-order valence-electron chi connectivity index (χ4n) is 15.5. The van der Waals surface area contributed by atoms with E-state index in [2.05, 4.69) is 47.6 Å². The number of ether oxygens (including phenoxy) is 8. The first-order valence-corrected chi connectivity index (χ1v) is 28.0. The van der Waals surface area contributed by atoms with Crippen LogP contribution in [0.3, 0.4) is 0 Å². The van der Waals surface area contributed by atoms with E-state index in [4.69, 9.17) is 37.9 Å². The summed E-state index contributed by atoms with van der Waals surface area (Å²) in [6, 6.07) is 0. The molecule has 0 spiro atoms. The fraction of sp³-hybridized carbons (Fsp3) is 0.963. The number of aliphatic hydroxyl groups excluding tert-OH is 15. The second-order valence-corrected chi connectivity index (χ2v) is 25.9. The van der Waals surface area contributed by atoms with Crippen molar-refractivity contribution in [2.24, 2.45) is 45.3 Å². The van der Waals surface area contributed by atoms with Crippen molar-refractivity contribution in [2.45, 2.75) is 253 Å². The number of hydrogen-bond acceptors (Lipinski definition) is 24. The van der Waals surface area contributed by atoms with Gasteiger partial charge in [0.25, 0.3) is 0 Å². The lowest BCUT2D eigenvalue weighted by Gasteiger charge is -2.67. The van der Waals surface area contributed by atoms with Crippen LogP contribution in [0.5, 0.6) is 0 Å². The summed E-state index contributed by atoms with van der Waals surface area (Å²) in [5, 5.41) is 171. The Labute approximate surface area is 455 Å². The minimum atomic E-state index is -1.77. The summed E-state index contributed by atoms with van der Waals surface area (Å²) < 4.78 is 46.9. The van der Waals surface area contributed by atoms with Crippen molar-refractivity contribution in [3.05, 3.63) is 11.6 Å². The number of hydrogen-bond donors (Lipinski definition) is 16. The van der Waals surface area contributed by atoms with Gasteiger partial charge >= 0.3 is 0 Å². The second kappa shape index (κ2) is 23.7. The third kappa shape index (κ3) is 11.1. The van der Waals surface area contributed by atoms with Crippen LogP contribution in [0.4, 0.5) is 0 Å². The van der Waals surface area contributed by atoms with Crippen LogP contribution in [-0.4, -0.2) is 255 Å². The molecule has 16 N–H and O–H groups in total. The van der Waals surface area contributed by atoms with Crippen molar-refractivity contribution in [2.75, 3.05) is 26.4 Å². The summed E-state index contributed by atoms with van der Waals surface area (Å²) in [4.78, 5) is 0. The van der Waals surface area contributed by atoms with Crippen LogP contribution in [0.25, 0.3) is 0 Å². The van der Waals surface area contributed by atoms with E-state index in [0.717, 1.165) is 18.4 Å². The van der Waals surface area contributed by atoms with Gasteiger partial charge in [-0.1, -0.05) is 53.2 Å². The molecule has 4 heterocycles. The molecule has 0 aromatic carbocycles. The first kappa shape index (κ1) is 62.8. The number of allylic oxidation sites excluding steroid dienone is 1. The highest BCUT2D eigenvalue weighted by Crippen LogP contribution is 2.75. The monoisotopic (exact) mass is 1120 g/mol. The van der Waals surface area contributed by atoms with Gasteiger partial charge in [0.05, 0.1) is 50.3 Å². The van der Waals surface area contributed by atoms with Gasteiger partial charge in [0, 0.05) is 10.8 Å². The molecule has 8 aliphatic rings. The van der Waals surface area contributed by atoms with Gasteiger partial charge in [-0.3, -0.25) is 0 Å². The largest absolute Gasteiger partial charge is 0.394 e. The lowest BCUT2D eigenvalue weighted by Crippen LogP contribution is -2.65. The van der Waals surface area contributed by atoms with Gasteiger partial charge in [0.1, 0.15) is 97.7 Å². The normalized spacial score (nSPS) is 51.4. The highest BCUT2D eigenvalue weighted by Gasteiger charge is 2.70. The van der Waals surface area contributed by atoms with E-state index in [1.165, 1.54) is 0 Å². The minimum Gasteiger partial charge on any atom is -0.394 e. The number of fused-ring (bicyclic) bond motifs is 5. The Balaban J connectivity index is 0.909. The van der Waals surface area contributed by atoms with Crippen LogP contribution in [0.15, 0.2) is 11.6 Å². The smallest absolute Gasteiger partial charge is 0.187 e. The van der Waals surface area contributed by atoms with Gasteiger partial charge < -0.3 is 120 Å². The van der Waals surface area contributed by atoms with Crippen LogP contribution in [0.2, 0.25) is 0 Å². The second-order valence-electron chi connectivity index (χ2n) is 25.9. The molecule has 24 nitrogen and oxygen atoms in total. The van der Waals surface area contributed by atoms with Gasteiger partial charge in [-0.25, -0.2) is 0 Å². The van der Waals surface area contributed by atoms with E-state index in [1.54, 1.807) is 13.8 Å². The maximum absolute atomic E-state index is 12.7. The lowest BCUT2D eigenvalue weighted by molar-refractivity contribution is -0.341. The SMILES string of the molecule is C[C@H](CC[C@@H](O[C@@H]1O[C@H](CO[C@@H]2O[C@H](CO)[C@@H](O)[C@H](O)[C@H]2O)[C@@H](O)[C@H](O)[C@H]1O)C(C)(C)O)[C@H]1CC[C@@]2(C)[C@@H]3CC=C4[C@@H](CC[C@H](O[C@@H]5O[C@H](COC6O[C@H](CO)[C@@H](O)[C@H](O)[C@H]6O)[C@@H](O)[C@H](O)[C@H]5O)C4(C)C)[C@]3(C)[C@H](O)C[C@]12C. The molecule has 78 heavy (non-hydrogen) atoms. The molecule has 0 aromatic heterocycles. The van der Waals surface area contributed by atoms with E-state index in [0.29, 0.717) is 38.5 Å². The van der Waals surface area contributed by atoms with E-state index < -0.39 is 184 Å². The summed E-state index contributed by atoms with van der Waals surface area (Å²) in [5.74, 6) is 0.307. The van der Waals surface area contributed by atoms with Crippen molar-refractivity contribution in [1.29, 1.82) is 0 Å². The van der Waals surface area contributed by atoms with E-state index in [9.17, 15) is 81.7 Å². The highest BCUT2D eigenvalue weighted by atomic mass is 16.7. The van der Waals surface area contributed by atoms with Gasteiger partial charge in [-0.05, 0) is 99.7 Å². The van der Waals surface area contributed by atoms with E-state index in [-0.39, 0.29) is 34.5 Å². The van der Waals surface area contributed by atoms with E-state index >= 15 is 0 Å². The Hall–Kier alpha value is -1.22. The lowest BCUT2D eigenvalue weighted by atomic mass is 9.38. The molecule has 3 saturated carbocycles. The maximum atomic E-state index is 12.7. The first-order chi connectivity index (χ1) is 36.4. The van der Waals surface area contributed by atoms with Gasteiger partial charge in [-0.2, -0.15) is 0 Å². The highest BCUT2D eigenvalue weighted by molar-refractivity contribution is 5.32. The van der Waals surface area contributed by atoms with Crippen LogP contribution in [0.1, 0.15) is 107 Å². The zero-order valence-corrected chi connectivity index (χ0v) is 46.1. The summed E-state index contributed by atoms with van der Waals surface area (Å²) in [6.07, 6.45) is -26.2. The summed E-state index contributed by atoms with van der Waals surface area (Å²) >= 11 is 0. The molecular formula is C54H92O24. The quantitative estimate of drug-likeness (QED) is 0.0637. The summed E-state index contributed by atoms with van der Waals surface area (Å²) in [5.41, 5.74) is -2.02. The third-order valence-corrected chi connectivity index (χ3v) is 20.8. The zero-order valence-electron chi connectivity index (χ0n) is 46.1. The molecule has 24 heteroatoms. The molecule has 4 aliphatic carbocycles. The number of rotatable bonds is 17. The summed E-state index contributed by atoms with van der Waals surface area (Å²) in [7, 11) is 0. The van der Waals surface area contributed by atoms with Crippen molar-refractivity contribution < 1.29 is 120 Å². The van der Waals surface area contributed by atoms with Crippen LogP contribution in [-0.2, 0) is 37.9 Å². The molecule has 0 bridgehead atoms. The molecule has 7 fully saturated rings. The molecule has 4 aliphatic heterocycles. The molecule has 0 radical (unpaired) electrons. The average molecular weight is 1130 g/mol. The van der Waals surface area contributed by atoms with Gasteiger partial charge in [0.15, 0.2) is 25.2 Å². The predicted octanol–water partition coefficient (Wildman–Crippen LogP) is -3.23. The third-order valence-electron chi connectivity index (χ3n) is 20.8. The molecule has 0 amide bonds. The van der Waals surface area contributed by atoms with Gasteiger partial charge in [-0.15, -0.1) is 0 Å².